The van der Waals surface area contributed by atoms with Crippen molar-refractivity contribution in [1.29, 1.82) is 0 Å². The molecule has 1 aromatic heterocycles. The van der Waals surface area contributed by atoms with Crippen molar-refractivity contribution in [3.63, 3.8) is 0 Å². The average molecular weight is 286 g/mol. The topological polar surface area (TPSA) is 112 Å². The Kier molecular flexibility index (Phi) is 3.46. The maximum atomic E-state index is 12.0. The third-order valence-electron chi connectivity index (χ3n) is 2.01. The number of ether oxygens (including phenoxy) is 1. The van der Waals surface area contributed by atoms with Crippen LogP contribution in [0.4, 0.5) is 36.7 Å². The van der Waals surface area contributed by atoms with E-state index in [1.807, 2.05) is 0 Å². The van der Waals surface area contributed by atoms with Crippen LogP contribution in [0.2, 0.25) is 0 Å². The third kappa shape index (κ3) is 3.86. The minimum atomic E-state index is -4.73. The van der Waals surface area contributed by atoms with Gasteiger partial charge in [-0.25, -0.2) is 0 Å². The molecule has 7 nitrogen and oxygen atoms in total. The second-order valence-corrected chi connectivity index (χ2v) is 3.57. The highest BCUT2D eigenvalue weighted by molar-refractivity contribution is 5.55. The zero-order chi connectivity index (χ0) is 14.8. The van der Waals surface area contributed by atoms with E-state index >= 15 is 0 Å². The molecule has 0 spiro atoms. The monoisotopic (exact) mass is 286 g/mol. The number of halogens is 3. The molecule has 0 atom stereocenters. The van der Waals surface area contributed by atoms with Gasteiger partial charge in [0.2, 0.25) is 17.8 Å². The van der Waals surface area contributed by atoms with E-state index in [0.717, 1.165) is 12.1 Å². The quantitative estimate of drug-likeness (QED) is 0.786. The van der Waals surface area contributed by atoms with E-state index < -0.39 is 6.36 Å². The van der Waals surface area contributed by atoms with E-state index in [4.69, 9.17) is 11.5 Å². The van der Waals surface area contributed by atoms with Crippen molar-refractivity contribution in [3.05, 3.63) is 24.3 Å². The van der Waals surface area contributed by atoms with Gasteiger partial charge in [-0.15, -0.1) is 13.2 Å². The third-order valence-corrected chi connectivity index (χ3v) is 2.01. The minimum absolute atomic E-state index is 0.0722. The molecule has 0 aliphatic rings. The molecule has 0 fully saturated rings. The molecule has 2 aromatic rings. The van der Waals surface area contributed by atoms with Gasteiger partial charge in [0.25, 0.3) is 0 Å². The predicted molar refractivity (Wildman–Crippen MR) is 65.1 cm³/mol. The second kappa shape index (κ2) is 5.07. The molecule has 10 heteroatoms. The van der Waals surface area contributed by atoms with Crippen molar-refractivity contribution < 1.29 is 17.9 Å². The summed E-state index contributed by atoms with van der Waals surface area (Å²) in [4.78, 5) is 11.1. The SMILES string of the molecule is Nc1nc(N)nc(Nc2ccc(OC(F)(F)F)cc2)n1. The van der Waals surface area contributed by atoms with Crippen molar-refractivity contribution >= 4 is 23.5 Å². The second-order valence-electron chi connectivity index (χ2n) is 3.57. The van der Waals surface area contributed by atoms with Crippen molar-refractivity contribution in [2.24, 2.45) is 0 Å². The molecule has 0 aliphatic heterocycles. The van der Waals surface area contributed by atoms with E-state index in [9.17, 15) is 13.2 Å². The Balaban J connectivity index is 2.10. The summed E-state index contributed by atoms with van der Waals surface area (Å²) in [5, 5.41) is 2.72. The van der Waals surface area contributed by atoms with Crippen LogP contribution in [0.3, 0.4) is 0 Å². The van der Waals surface area contributed by atoms with Crippen LogP contribution in [0.5, 0.6) is 5.75 Å². The lowest BCUT2D eigenvalue weighted by Gasteiger charge is -2.10. The summed E-state index contributed by atoms with van der Waals surface area (Å²) in [5.41, 5.74) is 11.2. The van der Waals surface area contributed by atoms with Gasteiger partial charge in [0.05, 0.1) is 0 Å². The van der Waals surface area contributed by atoms with Gasteiger partial charge in [-0.05, 0) is 24.3 Å². The molecule has 0 saturated heterocycles. The van der Waals surface area contributed by atoms with Crippen LogP contribution >= 0.6 is 0 Å². The van der Waals surface area contributed by atoms with Crippen LogP contribution in [0.25, 0.3) is 0 Å². The molecule has 1 heterocycles. The number of hydrogen-bond donors (Lipinski definition) is 3. The van der Waals surface area contributed by atoms with Gasteiger partial charge < -0.3 is 21.5 Å². The lowest BCUT2D eigenvalue weighted by Crippen LogP contribution is -2.17. The van der Waals surface area contributed by atoms with Gasteiger partial charge in [0, 0.05) is 5.69 Å². The summed E-state index contributed by atoms with van der Waals surface area (Å²) >= 11 is 0. The summed E-state index contributed by atoms with van der Waals surface area (Å²) in [6, 6.07) is 5.00. The van der Waals surface area contributed by atoms with E-state index in [1.165, 1.54) is 12.1 Å². The van der Waals surface area contributed by atoms with E-state index in [0.29, 0.717) is 5.69 Å². The number of aromatic nitrogens is 3. The molecule has 106 valence electrons. The number of alkyl halides is 3. The standard InChI is InChI=1S/C10H9F3N6O/c11-10(12,13)20-6-3-1-5(2-4-6)16-9-18-7(14)17-8(15)19-9/h1-4H,(H5,14,15,16,17,18,19). The van der Waals surface area contributed by atoms with E-state index in [2.05, 4.69) is 25.0 Å². The Hall–Kier alpha value is -2.78. The van der Waals surface area contributed by atoms with Crippen LogP contribution in [0, 0.1) is 0 Å². The van der Waals surface area contributed by atoms with Gasteiger partial charge >= 0.3 is 6.36 Å². The zero-order valence-electron chi connectivity index (χ0n) is 9.85. The number of nitrogen functional groups attached to an aromatic ring is 2. The summed E-state index contributed by atoms with van der Waals surface area (Å²) in [5.74, 6) is -0.397. The summed E-state index contributed by atoms with van der Waals surface area (Å²) < 4.78 is 39.7. The van der Waals surface area contributed by atoms with E-state index in [-0.39, 0.29) is 23.6 Å². The van der Waals surface area contributed by atoms with Gasteiger partial charge in [-0.2, -0.15) is 15.0 Å². The van der Waals surface area contributed by atoms with Crippen LogP contribution in [-0.4, -0.2) is 21.3 Å². The van der Waals surface area contributed by atoms with Crippen LogP contribution in [0.15, 0.2) is 24.3 Å². The Morgan fingerprint density at radius 2 is 1.50 bits per heavy atom. The maximum absolute atomic E-state index is 12.0. The molecular weight excluding hydrogens is 277 g/mol. The van der Waals surface area contributed by atoms with Crippen molar-refractivity contribution in [2.75, 3.05) is 16.8 Å². The first-order valence-electron chi connectivity index (χ1n) is 5.22. The number of nitrogens with zero attached hydrogens (tertiary/aromatic N) is 3. The molecule has 0 saturated carbocycles. The highest BCUT2D eigenvalue weighted by Crippen LogP contribution is 2.24. The van der Waals surface area contributed by atoms with Gasteiger partial charge in [-0.3, -0.25) is 0 Å². The zero-order valence-corrected chi connectivity index (χ0v) is 9.85. The Morgan fingerprint density at radius 3 is 2.00 bits per heavy atom. The molecule has 2 rings (SSSR count). The van der Waals surface area contributed by atoms with E-state index in [1.54, 1.807) is 0 Å². The lowest BCUT2D eigenvalue weighted by molar-refractivity contribution is -0.274. The number of nitrogens with one attached hydrogen (secondary N) is 1. The van der Waals surface area contributed by atoms with Gasteiger partial charge in [0.15, 0.2) is 0 Å². The fourth-order valence-electron chi connectivity index (χ4n) is 1.33. The smallest absolute Gasteiger partial charge is 0.406 e. The lowest BCUT2D eigenvalue weighted by atomic mass is 10.3. The van der Waals surface area contributed by atoms with Crippen LogP contribution < -0.4 is 21.5 Å². The van der Waals surface area contributed by atoms with Gasteiger partial charge in [-0.1, -0.05) is 0 Å². The molecule has 0 bridgehead atoms. The molecule has 20 heavy (non-hydrogen) atoms. The highest BCUT2D eigenvalue weighted by Gasteiger charge is 2.30. The molecule has 0 radical (unpaired) electrons. The first-order valence-corrected chi connectivity index (χ1v) is 5.22. The minimum Gasteiger partial charge on any atom is -0.406 e. The normalized spacial score (nSPS) is 11.2. The number of nitrogens with two attached hydrogens (primary N) is 2. The molecule has 1 aromatic carbocycles. The first kappa shape index (κ1) is 13.6. The van der Waals surface area contributed by atoms with Gasteiger partial charge in [0.1, 0.15) is 5.75 Å². The molecular formula is C10H9F3N6O. The highest BCUT2D eigenvalue weighted by atomic mass is 19.4. The number of rotatable bonds is 3. The Labute approximate surface area is 110 Å². The molecule has 5 N–H and O–H groups in total. The summed E-state index contributed by atoms with van der Waals surface area (Å²) in [6.07, 6.45) is -4.73. The number of hydrogen-bond acceptors (Lipinski definition) is 7. The summed E-state index contributed by atoms with van der Waals surface area (Å²) in [6.45, 7) is 0. The molecule has 0 aliphatic carbocycles. The largest absolute Gasteiger partial charge is 0.573 e. The van der Waals surface area contributed by atoms with Crippen molar-refractivity contribution in [1.82, 2.24) is 15.0 Å². The number of benzene rings is 1. The van der Waals surface area contributed by atoms with Crippen LogP contribution in [0.1, 0.15) is 0 Å². The number of anilines is 4. The fraction of sp³-hybridized carbons (Fsp3) is 0.100. The van der Waals surface area contributed by atoms with Crippen molar-refractivity contribution in [2.45, 2.75) is 6.36 Å². The first-order chi connectivity index (χ1) is 9.32. The Morgan fingerprint density at radius 1 is 0.950 bits per heavy atom. The van der Waals surface area contributed by atoms with Crippen molar-refractivity contribution in [3.8, 4) is 5.75 Å². The average Bonchev–Trinajstić information content (AvgIpc) is 2.28. The Bertz CT molecular complexity index is 581. The fourth-order valence-corrected chi connectivity index (χ4v) is 1.33. The molecule has 0 unspecified atom stereocenters. The maximum Gasteiger partial charge on any atom is 0.573 e. The molecule has 0 amide bonds. The summed E-state index contributed by atoms with van der Waals surface area (Å²) in [7, 11) is 0. The predicted octanol–water partition coefficient (Wildman–Crippen LogP) is 1.68. The van der Waals surface area contributed by atoms with Crippen LogP contribution in [-0.2, 0) is 0 Å².